The van der Waals surface area contributed by atoms with Crippen molar-refractivity contribution in [1.29, 1.82) is 0 Å². The van der Waals surface area contributed by atoms with E-state index in [1.54, 1.807) is 12.1 Å². The first-order chi connectivity index (χ1) is 15.6. The summed E-state index contributed by atoms with van der Waals surface area (Å²) in [6.07, 6.45) is 0.197. The first-order valence-electron chi connectivity index (χ1n) is 10.3. The molecule has 0 unspecified atom stereocenters. The number of fused-ring (bicyclic) bond motifs is 2. The van der Waals surface area contributed by atoms with E-state index in [1.807, 2.05) is 72.8 Å². The Morgan fingerprint density at radius 1 is 0.875 bits per heavy atom. The molecule has 0 aliphatic rings. The molecule has 0 heterocycles. The maximum atomic E-state index is 13.4. The minimum absolute atomic E-state index is 0.197. The highest BCUT2D eigenvalue weighted by Crippen LogP contribution is 2.28. The number of methoxy groups -OCH3 is 1. The third-order valence-corrected chi connectivity index (χ3v) is 6.79. The molecule has 5 nitrogen and oxygen atoms in total. The van der Waals surface area contributed by atoms with Crippen molar-refractivity contribution in [2.75, 3.05) is 12.9 Å². The van der Waals surface area contributed by atoms with E-state index in [2.05, 4.69) is 5.32 Å². The predicted molar refractivity (Wildman–Crippen MR) is 127 cm³/mol. The van der Waals surface area contributed by atoms with Crippen molar-refractivity contribution in [2.24, 2.45) is 0 Å². The van der Waals surface area contributed by atoms with Gasteiger partial charge in [0, 0.05) is 10.6 Å². The lowest BCUT2D eigenvalue weighted by Gasteiger charge is -2.18. The van der Waals surface area contributed by atoms with Crippen molar-refractivity contribution in [1.82, 2.24) is 5.32 Å². The van der Waals surface area contributed by atoms with Gasteiger partial charge in [-0.05, 0) is 46.2 Å². The molecular formula is C26H23NO4S. The molecule has 4 aromatic rings. The van der Waals surface area contributed by atoms with E-state index in [0.29, 0.717) is 10.5 Å². The van der Waals surface area contributed by atoms with Crippen molar-refractivity contribution < 1.29 is 18.5 Å². The fraction of sp³-hybridized carbons (Fsp3) is 0.154. The van der Waals surface area contributed by atoms with Crippen molar-refractivity contribution in [2.45, 2.75) is 17.4 Å². The van der Waals surface area contributed by atoms with Crippen molar-refractivity contribution in [3.8, 4) is 0 Å². The lowest BCUT2D eigenvalue weighted by Crippen LogP contribution is -2.42. The van der Waals surface area contributed by atoms with Gasteiger partial charge >= 0.3 is 5.97 Å². The second kappa shape index (κ2) is 9.75. The Balaban J connectivity index is 1.63. The van der Waals surface area contributed by atoms with Crippen molar-refractivity contribution >= 4 is 44.2 Å². The maximum Gasteiger partial charge on any atom is 0.328 e. The number of esters is 1. The second-order valence-electron chi connectivity index (χ2n) is 7.39. The number of carbonyl (C=O) groups excluding carboxylic acids is 2. The van der Waals surface area contributed by atoms with Crippen LogP contribution in [0, 0.1) is 0 Å². The molecule has 0 fully saturated rings. The summed E-state index contributed by atoms with van der Waals surface area (Å²) in [6.45, 7) is 0. The molecule has 0 saturated heterocycles. The largest absolute Gasteiger partial charge is 0.467 e. The number of ether oxygens (including phenoxy) is 1. The lowest BCUT2D eigenvalue weighted by atomic mass is 9.96. The average Bonchev–Trinajstić information content (AvgIpc) is 2.84. The SMILES string of the molecule is COC(=O)[C@H](CC[S@@](=O)c1ccccc1)NC(=O)c1c2ccccc2cc2ccccc12. The molecule has 0 aliphatic heterocycles. The summed E-state index contributed by atoms with van der Waals surface area (Å²) in [7, 11) is -0.00471. The first kappa shape index (κ1) is 21.7. The Bertz CT molecular complexity index is 1250. The molecule has 162 valence electrons. The van der Waals surface area contributed by atoms with Crippen LogP contribution in [0.25, 0.3) is 21.5 Å². The van der Waals surface area contributed by atoms with Gasteiger partial charge in [0.2, 0.25) is 0 Å². The Hall–Kier alpha value is -3.51. The van der Waals surface area contributed by atoms with E-state index in [4.69, 9.17) is 4.74 Å². The molecule has 0 saturated carbocycles. The molecule has 4 rings (SSSR count). The number of carbonyl (C=O) groups is 2. The van der Waals surface area contributed by atoms with Gasteiger partial charge in [-0.1, -0.05) is 66.7 Å². The van der Waals surface area contributed by atoms with E-state index >= 15 is 0 Å². The number of rotatable bonds is 7. The van der Waals surface area contributed by atoms with Crippen LogP contribution in [0.1, 0.15) is 16.8 Å². The Morgan fingerprint density at radius 3 is 2.03 bits per heavy atom. The van der Waals surface area contributed by atoms with E-state index in [1.165, 1.54) is 7.11 Å². The number of nitrogens with one attached hydrogen (secondary N) is 1. The van der Waals surface area contributed by atoms with Gasteiger partial charge in [-0.15, -0.1) is 0 Å². The summed E-state index contributed by atoms with van der Waals surface area (Å²) in [5.41, 5.74) is 0.511. The fourth-order valence-electron chi connectivity index (χ4n) is 3.79. The molecule has 0 radical (unpaired) electrons. The molecule has 2 atom stereocenters. The number of hydrogen-bond donors (Lipinski definition) is 1. The van der Waals surface area contributed by atoms with Crippen molar-refractivity contribution in [3.63, 3.8) is 0 Å². The van der Waals surface area contributed by atoms with Crippen LogP contribution in [0.2, 0.25) is 0 Å². The summed E-state index contributed by atoms with van der Waals surface area (Å²) in [4.78, 5) is 26.5. The number of hydrogen-bond acceptors (Lipinski definition) is 4. The molecule has 1 N–H and O–H groups in total. The quantitative estimate of drug-likeness (QED) is 0.337. The molecular weight excluding hydrogens is 422 g/mol. The smallest absolute Gasteiger partial charge is 0.328 e. The molecule has 1 amide bonds. The zero-order valence-corrected chi connectivity index (χ0v) is 18.4. The van der Waals surface area contributed by atoms with Gasteiger partial charge in [-0.2, -0.15) is 0 Å². The third-order valence-electron chi connectivity index (χ3n) is 5.39. The van der Waals surface area contributed by atoms with E-state index in [9.17, 15) is 13.8 Å². The van der Waals surface area contributed by atoms with Gasteiger partial charge in [0.1, 0.15) is 6.04 Å². The standard InChI is InChI=1S/C26H23NO4S/c1-31-26(29)23(15-16-32(30)20-11-3-2-4-12-20)27-25(28)24-21-13-7-5-9-18(21)17-19-10-6-8-14-22(19)24/h2-14,17,23H,15-16H2,1H3,(H,27,28)/t23-,32+/m0/s1. The molecule has 32 heavy (non-hydrogen) atoms. The number of amides is 1. The van der Waals surface area contributed by atoms with Crippen LogP contribution in [0.15, 0.2) is 89.8 Å². The van der Waals surface area contributed by atoms with E-state index < -0.39 is 22.8 Å². The monoisotopic (exact) mass is 445 g/mol. The average molecular weight is 446 g/mol. The zero-order valence-electron chi connectivity index (χ0n) is 17.6. The minimum Gasteiger partial charge on any atom is -0.467 e. The molecule has 4 aromatic carbocycles. The highest BCUT2D eigenvalue weighted by Gasteiger charge is 2.25. The third kappa shape index (κ3) is 4.55. The Morgan fingerprint density at radius 2 is 1.44 bits per heavy atom. The van der Waals surface area contributed by atoms with Crippen LogP contribution >= 0.6 is 0 Å². The summed E-state index contributed by atoms with van der Waals surface area (Å²) >= 11 is 0. The van der Waals surface area contributed by atoms with Crippen LogP contribution < -0.4 is 5.32 Å². The van der Waals surface area contributed by atoms with Gasteiger partial charge < -0.3 is 10.1 Å². The lowest BCUT2D eigenvalue weighted by molar-refractivity contribution is -0.142. The van der Waals surface area contributed by atoms with Gasteiger partial charge in [0.05, 0.1) is 23.5 Å². The van der Waals surface area contributed by atoms with Crippen LogP contribution in [0.4, 0.5) is 0 Å². The number of benzene rings is 4. The van der Waals surface area contributed by atoms with Crippen LogP contribution in [-0.2, 0) is 20.3 Å². The minimum atomic E-state index is -1.29. The Kier molecular flexibility index (Phi) is 6.61. The first-order valence-corrected chi connectivity index (χ1v) is 11.6. The molecule has 0 spiro atoms. The summed E-state index contributed by atoms with van der Waals surface area (Å²) in [5.74, 6) is -0.702. The zero-order chi connectivity index (χ0) is 22.5. The van der Waals surface area contributed by atoms with Crippen LogP contribution in [0.5, 0.6) is 0 Å². The Labute approximate surface area is 188 Å². The maximum absolute atomic E-state index is 13.4. The van der Waals surface area contributed by atoms with Gasteiger partial charge in [0.15, 0.2) is 0 Å². The molecule has 0 bridgehead atoms. The fourth-order valence-corrected chi connectivity index (χ4v) is 4.94. The van der Waals surface area contributed by atoms with Crippen LogP contribution in [0.3, 0.4) is 0 Å². The molecule has 6 heteroatoms. The van der Waals surface area contributed by atoms with Crippen molar-refractivity contribution in [3.05, 3.63) is 90.5 Å². The highest BCUT2D eigenvalue weighted by atomic mass is 32.2. The summed E-state index contributed by atoms with van der Waals surface area (Å²) in [5, 5.41) is 6.32. The topological polar surface area (TPSA) is 72.5 Å². The molecule has 0 aromatic heterocycles. The van der Waals surface area contributed by atoms with E-state index in [-0.39, 0.29) is 18.1 Å². The van der Waals surface area contributed by atoms with E-state index in [0.717, 1.165) is 21.5 Å². The van der Waals surface area contributed by atoms with Crippen LogP contribution in [-0.4, -0.2) is 35.0 Å². The highest BCUT2D eigenvalue weighted by molar-refractivity contribution is 7.85. The van der Waals surface area contributed by atoms with Gasteiger partial charge in [-0.3, -0.25) is 9.00 Å². The van der Waals surface area contributed by atoms with Gasteiger partial charge in [0.25, 0.3) is 5.91 Å². The summed E-state index contributed by atoms with van der Waals surface area (Å²) < 4.78 is 17.5. The van der Waals surface area contributed by atoms with Gasteiger partial charge in [-0.25, -0.2) is 4.79 Å². The second-order valence-corrected chi connectivity index (χ2v) is 8.97. The predicted octanol–water partition coefficient (Wildman–Crippen LogP) is 4.46. The normalized spacial score (nSPS) is 12.9. The molecule has 0 aliphatic carbocycles. The summed E-state index contributed by atoms with van der Waals surface area (Å²) in [6, 6.07) is 25.5.